The van der Waals surface area contributed by atoms with E-state index in [0.29, 0.717) is 37.4 Å². The maximum absolute atomic E-state index is 13.2. The third kappa shape index (κ3) is 5.65. The molecular weight excluding hydrogens is 547 g/mol. The Hall–Kier alpha value is -2.65. The smallest absolute Gasteiger partial charge is 0.266 e. The SMILES string of the molecule is O=C(CSc1nc2ccccc2c(=O)n1-c1ccc(Br)cc1)N/N=C\c1ccc(Cl)cc1Cl. The summed E-state index contributed by atoms with van der Waals surface area (Å²) in [6.45, 7) is 0. The van der Waals surface area contributed by atoms with E-state index in [9.17, 15) is 9.59 Å². The van der Waals surface area contributed by atoms with Gasteiger partial charge in [0.2, 0.25) is 0 Å². The largest absolute Gasteiger partial charge is 0.272 e. The van der Waals surface area contributed by atoms with Gasteiger partial charge >= 0.3 is 0 Å². The zero-order chi connectivity index (χ0) is 23.4. The Morgan fingerprint density at radius 2 is 1.88 bits per heavy atom. The minimum atomic E-state index is -0.355. The molecule has 1 amide bonds. The highest BCUT2D eigenvalue weighted by atomic mass is 79.9. The lowest BCUT2D eigenvalue weighted by molar-refractivity contribution is -0.118. The van der Waals surface area contributed by atoms with Crippen LogP contribution in [0.15, 0.2) is 86.3 Å². The second-order valence-corrected chi connectivity index (χ2v) is 9.48. The van der Waals surface area contributed by atoms with E-state index in [4.69, 9.17) is 23.2 Å². The molecule has 3 aromatic carbocycles. The van der Waals surface area contributed by atoms with Crippen molar-refractivity contribution >= 4 is 73.9 Å². The normalized spacial score (nSPS) is 11.2. The second-order valence-electron chi connectivity index (χ2n) is 6.78. The molecule has 166 valence electrons. The number of benzene rings is 3. The molecule has 10 heteroatoms. The molecule has 0 aliphatic carbocycles. The molecule has 0 radical (unpaired) electrons. The fraction of sp³-hybridized carbons (Fsp3) is 0.0435. The van der Waals surface area contributed by atoms with Gasteiger partial charge < -0.3 is 0 Å². The molecule has 33 heavy (non-hydrogen) atoms. The van der Waals surface area contributed by atoms with E-state index in [1.165, 1.54) is 10.8 Å². The third-order valence-electron chi connectivity index (χ3n) is 4.52. The summed E-state index contributed by atoms with van der Waals surface area (Å²) in [6, 6.07) is 19.4. The maximum Gasteiger partial charge on any atom is 0.266 e. The van der Waals surface area contributed by atoms with Crippen LogP contribution in [0.25, 0.3) is 16.6 Å². The number of hydrogen-bond acceptors (Lipinski definition) is 5. The molecular formula is C23H15BrCl2N4O2S. The van der Waals surface area contributed by atoms with Gasteiger partial charge in [-0.15, -0.1) is 0 Å². The van der Waals surface area contributed by atoms with Gasteiger partial charge in [0.1, 0.15) is 0 Å². The standard InChI is InChI=1S/C23H15BrCl2N4O2S/c24-15-6-9-17(10-7-15)30-22(32)18-3-1-2-4-20(18)28-23(30)33-13-21(31)29-27-12-14-5-8-16(25)11-19(14)26/h1-12H,13H2,(H,29,31)/b27-12-. The molecule has 0 spiro atoms. The molecule has 0 aliphatic rings. The molecule has 4 aromatic rings. The number of fused-ring (bicyclic) bond motifs is 1. The van der Waals surface area contributed by atoms with Gasteiger partial charge in [0.05, 0.1) is 33.6 Å². The first-order valence-corrected chi connectivity index (χ1v) is 12.1. The zero-order valence-electron chi connectivity index (χ0n) is 16.8. The molecule has 6 nitrogen and oxygen atoms in total. The van der Waals surface area contributed by atoms with E-state index in [1.807, 2.05) is 30.3 Å². The van der Waals surface area contributed by atoms with Crippen LogP contribution in [-0.4, -0.2) is 27.4 Å². The summed E-state index contributed by atoms with van der Waals surface area (Å²) >= 11 is 16.5. The van der Waals surface area contributed by atoms with Crippen molar-refractivity contribution in [3.8, 4) is 5.69 Å². The summed E-state index contributed by atoms with van der Waals surface area (Å²) in [7, 11) is 0. The molecule has 0 bridgehead atoms. The fourth-order valence-corrected chi connectivity index (χ4v) is 4.50. The first kappa shape index (κ1) is 23.5. The average molecular weight is 562 g/mol. The number of carbonyl (C=O) groups excluding carboxylic acids is 1. The maximum atomic E-state index is 13.2. The molecule has 0 aliphatic heterocycles. The van der Waals surface area contributed by atoms with Crippen LogP contribution in [0.3, 0.4) is 0 Å². The van der Waals surface area contributed by atoms with E-state index in [0.717, 1.165) is 16.2 Å². The van der Waals surface area contributed by atoms with Gasteiger partial charge in [0.25, 0.3) is 11.5 Å². The highest BCUT2D eigenvalue weighted by molar-refractivity contribution is 9.10. The number of aromatic nitrogens is 2. The molecule has 0 saturated heterocycles. The summed E-state index contributed by atoms with van der Waals surface area (Å²) in [5, 5.41) is 5.78. The van der Waals surface area contributed by atoms with Crippen LogP contribution < -0.4 is 11.0 Å². The summed E-state index contributed by atoms with van der Waals surface area (Å²) in [5.74, 6) is -0.349. The van der Waals surface area contributed by atoms with Crippen LogP contribution in [0, 0.1) is 0 Å². The lowest BCUT2D eigenvalue weighted by atomic mass is 10.2. The number of nitrogens with zero attached hydrogens (tertiary/aromatic N) is 3. The summed E-state index contributed by atoms with van der Waals surface area (Å²) in [6.07, 6.45) is 1.44. The van der Waals surface area contributed by atoms with Crippen LogP contribution >= 0.6 is 50.9 Å². The first-order valence-electron chi connectivity index (χ1n) is 9.60. The number of hydrazone groups is 1. The minimum Gasteiger partial charge on any atom is -0.272 e. The van der Waals surface area contributed by atoms with Crippen molar-refractivity contribution < 1.29 is 4.79 Å². The van der Waals surface area contributed by atoms with Gasteiger partial charge in [-0.05, 0) is 48.5 Å². The fourth-order valence-electron chi connectivity index (χ4n) is 2.97. The van der Waals surface area contributed by atoms with Crippen LogP contribution in [0.4, 0.5) is 0 Å². The Morgan fingerprint density at radius 3 is 2.64 bits per heavy atom. The van der Waals surface area contributed by atoms with Crippen LogP contribution in [0.5, 0.6) is 0 Å². The predicted molar refractivity (Wildman–Crippen MR) is 138 cm³/mol. The molecule has 0 saturated carbocycles. The number of carbonyl (C=O) groups is 1. The van der Waals surface area contributed by atoms with Gasteiger partial charge in [-0.1, -0.05) is 69.1 Å². The van der Waals surface area contributed by atoms with Crippen LogP contribution in [0.1, 0.15) is 5.56 Å². The monoisotopic (exact) mass is 560 g/mol. The van der Waals surface area contributed by atoms with Gasteiger partial charge in [0, 0.05) is 15.1 Å². The summed E-state index contributed by atoms with van der Waals surface area (Å²) in [5.41, 5.74) is 4.09. The first-order chi connectivity index (χ1) is 15.9. The van der Waals surface area contributed by atoms with Crippen molar-refractivity contribution in [2.75, 3.05) is 5.75 Å². The van der Waals surface area contributed by atoms with E-state index >= 15 is 0 Å². The van der Waals surface area contributed by atoms with Crippen molar-refractivity contribution in [3.05, 3.63) is 97.2 Å². The molecule has 0 fully saturated rings. The van der Waals surface area contributed by atoms with Gasteiger partial charge in [-0.25, -0.2) is 10.4 Å². The number of hydrogen-bond donors (Lipinski definition) is 1. The minimum absolute atomic E-state index is 0.00694. The lowest BCUT2D eigenvalue weighted by Gasteiger charge is -2.13. The number of amides is 1. The van der Waals surface area contributed by atoms with Gasteiger partial charge in [-0.3, -0.25) is 14.2 Å². The lowest BCUT2D eigenvalue weighted by Crippen LogP contribution is -2.24. The topological polar surface area (TPSA) is 76.3 Å². The number of rotatable bonds is 6. The number of para-hydroxylation sites is 1. The van der Waals surface area contributed by atoms with Gasteiger partial charge in [-0.2, -0.15) is 5.10 Å². The van der Waals surface area contributed by atoms with Crippen molar-refractivity contribution in [1.29, 1.82) is 0 Å². The van der Waals surface area contributed by atoms with Crippen LogP contribution in [-0.2, 0) is 4.79 Å². The Balaban J connectivity index is 1.55. The van der Waals surface area contributed by atoms with Crippen molar-refractivity contribution in [1.82, 2.24) is 15.0 Å². The number of halogens is 3. The third-order valence-corrected chi connectivity index (χ3v) is 6.55. The Kier molecular flexibility index (Phi) is 7.49. The Labute approximate surface area is 211 Å². The molecule has 4 rings (SSSR count). The molecule has 1 heterocycles. The van der Waals surface area contributed by atoms with E-state index in [2.05, 4.69) is 31.4 Å². The number of thioether (sulfide) groups is 1. The highest BCUT2D eigenvalue weighted by Crippen LogP contribution is 2.23. The molecule has 0 atom stereocenters. The zero-order valence-corrected chi connectivity index (χ0v) is 20.7. The predicted octanol–water partition coefficient (Wildman–Crippen LogP) is 5.70. The summed E-state index contributed by atoms with van der Waals surface area (Å²) in [4.78, 5) is 30.2. The number of nitrogens with one attached hydrogen (secondary N) is 1. The van der Waals surface area contributed by atoms with Gasteiger partial charge in [0.15, 0.2) is 5.16 Å². The highest BCUT2D eigenvalue weighted by Gasteiger charge is 2.14. The summed E-state index contributed by atoms with van der Waals surface area (Å²) < 4.78 is 2.39. The average Bonchev–Trinajstić information content (AvgIpc) is 2.80. The van der Waals surface area contributed by atoms with Crippen molar-refractivity contribution in [2.24, 2.45) is 5.10 Å². The molecule has 1 N–H and O–H groups in total. The Morgan fingerprint density at radius 1 is 1.12 bits per heavy atom. The Bertz CT molecular complexity index is 1420. The van der Waals surface area contributed by atoms with E-state index < -0.39 is 0 Å². The quantitative estimate of drug-likeness (QED) is 0.142. The second kappa shape index (κ2) is 10.5. The van der Waals surface area contributed by atoms with Crippen LogP contribution in [0.2, 0.25) is 10.0 Å². The van der Waals surface area contributed by atoms with Crippen molar-refractivity contribution in [2.45, 2.75) is 5.16 Å². The van der Waals surface area contributed by atoms with Crippen molar-refractivity contribution in [3.63, 3.8) is 0 Å². The van der Waals surface area contributed by atoms with E-state index in [1.54, 1.807) is 36.4 Å². The molecule has 1 aromatic heterocycles. The molecule has 0 unspecified atom stereocenters. The van der Waals surface area contributed by atoms with E-state index in [-0.39, 0.29) is 17.2 Å².